The number of para-hydroxylation sites is 1. The lowest BCUT2D eigenvalue weighted by molar-refractivity contribution is -0.134. The summed E-state index contributed by atoms with van der Waals surface area (Å²) in [5.74, 6) is 0.552. The second kappa shape index (κ2) is 23.8. The number of carbonyl (C=O) groups excluding carboxylic acids is 1. The minimum atomic E-state index is -0.102. The Morgan fingerprint density at radius 3 is 1.21 bits per heavy atom. The lowest BCUT2D eigenvalue weighted by Gasteiger charge is -2.05. The Bertz CT molecular complexity index is 525. The molecule has 0 unspecified atom stereocenters. The number of rotatable bonds is 24. The first-order valence-electron chi connectivity index (χ1n) is 14.6. The molecule has 1 aromatic rings. The Balaban J connectivity index is 1.69. The van der Waals surface area contributed by atoms with Crippen LogP contribution in [0.3, 0.4) is 0 Å². The number of benzene rings is 1. The monoisotopic (exact) mass is 458 g/mol. The first-order chi connectivity index (χ1) is 16.3. The molecule has 0 aliphatic carbocycles. The summed E-state index contributed by atoms with van der Waals surface area (Å²) in [4.78, 5) is 11.8. The van der Waals surface area contributed by atoms with Crippen molar-refractivity contribution in [3.8, 4) is 5.75 Å². The van der Waals surface area contributed by atoms with Crippen LogP contribution in [0.2, 0.25) is 0 Å². The third kappa shape index (κ3) is 21.0. The van der Waals surface area contributed by atoms with Crippen molar-refractivity contribution in [2.45, 2.75) is 155 Å². The first-order valence-corrected chi connectivity index (χ1v) is 14.6. The fourth-order valence-corrected chi connectivity index (χ4v) is 4.55. The van der Waals surface area contributed by atoms with Gasteiger partial charge >= 0.3 is 5.97 Å². The Morgan fingerprint density at radius 2 is 0.848 bits per heavy atom. The van der Waals surface area contributed by atoms with Crippen LogP contribution in [0, 0.1) is 0 Å². The van der Waals surface area contributed by atoms with Crippen LogP contribution in [0.25, 0.3) is 0 Å². The smallest absolute Gasteiger partial charge is 0.311 e. The summed E-state index contributed by atoms with van der Waals surface area (Å²) >= 11 is 0. The lowest BCUT2D eigenvalue weighted by atomic mass is 10.0. The van der Waals surface area contributed by atoms with Crippen LogP contribution in [0.5, 0.6) is 5.75 Å². The van der Waals surface area contributed by atoms with Gasteiger partial charge in [0, 0.05) is 6.42 Å². The molecule has 0 aliphatic rings. The van der Waals surface area contributed by atoms with Crippen molar-refractivity contribution in [1.82, 2.24) is 0 Å². The number of ether oxygens (including phenoxy) is 1. The van der Waals surface area contributed by atoms with E-state index in [1.807, 2.05) is 30.3 Å². The van der Waals surface area contributed by atoms with Crippen LogP contribution in [0.15, 0.2) is 30.3 Å². The molecule has 0 radical (unpaired) electrons. The van der Waals surface area contributed by atoms with Crippen molar-refractivity contribution in [3.05, 3.63) is 30.3 Å². The highest BCUT2D eigenvalue weighted by atomic mass is 16.5. The molecule has 1 aromatic carbocycles. The average molecular weight is 459 g/mol. The molecular formula is C31H54O2. The molecule has 0 N–H and O–H groups in total. The zero-order chi connectivity index (χ0) is 23.7. The minimum Gasteiger partial charge on any atom is -0.427 e. The van der Waals surface area contributed by atoms with Crippen molar-refractivity contribution < 1.29 is 9.53 Å². The van der Waals surface area contributed by atoms with Gasteiger partial charge in [0.25, 0.3) is 0 Å². The minimum absolute atomic E-state index is 0.102. The van der Waals surface area contributed by atoms with Crippen LogP contribution in [-0.2, 0) is 4.79 Å². The lowest BCUT2D eigenvalue weighted by Crippen LogP contribution is -2.07. The Kier molecular flexibility index (Phi) is 21.5. The maximum Gasteiger partial charge on any atom is 0.311 e. The zero-order valence-electron chi connectivity index (χ0n) is 22.0. The summed E-state index contributed by atoms with van der Waals surface area (Å²) in [6, 6.07) is 9.37. The SMILES string of the molecule is CCCCCCCCCCCCCCCCCCCCCCCCC(=O)Oc1ccccc1. The van der Waals surface area contributed by atoms with Gasteiger partial charge in [-0.15, -0.1) is 0 Å². The number of unbranched alkanes of at least 4 members (excludes halogenated alkanes) is 21. The van der Waals surface area contributed by atoms with E-state index in [0.717, 1.165) is 12.8 Å². The van der Waals surface area contributed by atoms with Crippen molar-refractivity contribution >= 4 is 5.97 Å². The van der Waals surface area contributed by atoms with Crippen molar-refractivity contribution in [3.63, 3.8) is 0 Å². The topological polar surface area (TPSA) is 26.3 Å². The second-order valence-corrected chi connectivity index (χ2v) is 9.96. The van der Waals surface area contributed by atoms with E-state index in [2.05, 4.69) is 6.92 Å². The molecule has 0 amide bonds. The summed E-state index contributed by atoms with van der Waals surface area (Å²) in [7, 11) is 0. The highest BCUT2D eigenvalue weighted by Gasteiger charge is 2.04. The van der Waals surface area contributed by atoms with Crippen molar-refractivity contribution in [2.24, 2.45) is 0 Å². The largest absolute Gasteiger partial charge is 0.427 e. The third-order valence-corrected chi connectivity index (χ3v) is 6.71. The molecular weight excluding hydrogens is 404 g/mol. The molecule has 0 aromatic heterocycles. The molecule has 0 atom stereocenters. The predicted molar refractivity (Wildman–Crippen MR) is 144 cm³/mol. The molecule has 33 heavy (non-hydrogen) atoms. The summed E-state index contributed by atoms with van der Waals surface area (Å²) in [6.07, 6.45) is 31.0. The molecule has 2 heteroatoms. The van der Waals surface area contributed by atoms with Crippen molar-refractivity contribution in [2.75, 3.05) is 0 Å². The van der Waals surface area contributed by atoms with Crippen LogP contribution >= 0.6 is 0 Å². The van der Waals surface area contributed by atoms with Gasteiger partial charge in [0.1, 0.15) is 5.75 Å². The number of hydrogen-bond acceptors (Lipinski definition) is 2. The molecule has 0 bridgehead atoms. The molecule has 0 fully saturated rings. The Hall–Kier alpha value is -1.31. The Labute approximate surface area is 206 Å². The standard InChI is InChI=1S/C31H54O2/c1-2-3-4-5-6-7-8-9-10-11-12-13-14-15-16-17-18-19-20-21-22-26-29-31(32)33-30-27-24-23-25-28-30/h23-25,27-28H,2-22,26,29H2,1H3. The first kappa shape index (κ1) is 29.7. The van der Waals surface area contributed by atoms with Gasteiger partial charge in [-0.25, -0.2) is 0 Å². The third-order valence-electron chi connectivity index (χ3n) is 6.71. The maximum absolute atomic E-state index is 11.8. The maximum atomic E-state index is 11.8. The highest BCUT2D eigenvalue weighted by Crippen LogP contribution is 2.16. The molecule has 0 heterocycles. The fourth-order valence-electron chi connectivity index (χ4n) is 4.55. The van der Waals surface area contributed by atoms with Gasteiger partial charge in [0.2, 0.25) is 0 Å². The summed E-state index contributed by atoms with van der Waals surface area (Å²) in [5.41, 5.74) is 0. The summed E-state index contributed by atoms with van der Waals surface area (Å²) in [5, 5.41) is 0. The number of carbonyl (C=O) groups is 1. The number of esters is 1. The van der Waals surface area contributed by atoms with Crippen LogP contribution in [-0.4, -0.2) is 5.97 Å². The molecule has 190 valence electrons. The van der Waals surface area contributed by atoms with Crippen LogP contribution in [0.1, 0.15) is 155 Å². The molecule has 0 aliphatic heterocycles. The van der Waals surface area contributed by atoms with Gasteiger partial charge < -0.3 is 4.74 Å². The molecule has 0 saturated heterocycles. The van der Waals surface area contributed by atoms with Gasteiger partial charge in [-0.1, -0.05) is 160 Å². The molecule has 2 nitrogen and oxygen atoms in total. The van der Waals surface area contributed by atoms with Gasteiger partial charge in [-0.3, -0.25) is 4.79 Å². The van der Waals surface area contributed by atoms with E-state index in [0.29, 0.717) is 12.2 Å². The van der Waals surface area contributed by atoms with Crippen LogP contribution < -0.4 is 4.74 Å². The number of hydrogen-bond donors (Lipinski definition) is 0. The quantitative estimate of drug-likeness (QED) is 0.0874. The highest BCUT2D eigenvalue weighted by molar-refractivity contribution is 5.72. The van der Waals surface area contributed by atoms with E-state index in [1.54, 1.807) is 0 Å². The Morgan fingerprint density at radius 1 is 0.515 bits per heavy atom. The normalized spacial score (nSPS) is 11.1. The summed E-state index contributed by atoms with van der Waals surface area (Å²) in [6.45, 7) is 2.29. The van der Waals surface area contributed by atoms with E-state index in [1.165, 1.54) is 128 Å². The summed E-state index contributed by atoms with van der Waals surface area (Å²) < 4.78 is 5.32. The second-order valence-electron chi connectivity index (χ2n) is 9.96. The fraction of sp³-hybridized carbons (Fsp3) is 0.774. The van der Waals surface area contributed by atoms with Gasteiger partial charge in [0.15, 0.2) is 0 Å². The van der Waals surface area contributed by atoms with Crippen LogP contribution in [0.4, 0.5) is 0 Å². The van der Waals surface area contributed by atoms with E-state index >= 15 is 0 Å². The molecule has 0 saturated carbocycles. The molecule has 0 spiro atoms. The van der Waals surface area contributed by atoms with E-state index in [-0.39, 0.29) is 5.97 Å². The van der Waals surface area contributed by atoms with E-state index < -0.39 is 0 Å². The van der Waals surface area contributed by atoms with Gasteiger partial charge in [0.05, 0.1) is 0 Å². The van der Waals surface area contributed by atoms with E-state index in [9.17, 15) is 4.79 Å². The van der Waals surface area contributed by atoms with Gasteiger partial charge in [-0.2, -0.15) is 0 Å². The predicted octanol–water partition coefficient (Wildman–Crippen LogP) is 10.6. The van der Waals surface area contributed by atoms with Crippen molar-refractivity contribution in [1.29, 1.82) is 0 Å². The van der Waals surface area contributed by atoms with Gasteiger partial charge in [-0.05, 0) is 18.6 Å². The average Bonchev–Trinajstić information content (AvgIpc) is 2.83. The van der Waals surface area contributed by atoms with E-state index in [4.69, 9.17) is 4.74 Å². The zero-order valence-corrected chi connectivity index (χ0v) is 22.0. The molecule has 1 rings (SSSR count).